The van der Waals surface area contributed by atoms with Crippen LogP contribution in [-0.4, -0.2) is 30.9 Å². The number of benzene rings is 1. The maximum absolute atomic E-state index is 13.9. The van der Waals surface area contributed by atoms with Crippen LogP contribution in [0.2, 0.25) is 0 Å². The number of methoxy groups -OCH3 is 1. The molecule has 0 bridgehead atoms. The zero-order valence-corrected chi connectivity index (χ0v) is 21.8. The molecule has 1 saturated carbocycles. The lowest BCUT2D eigenvalue weighted by Crippen LogP contribution is -2.49. The number of carbonyl (C=O) groups is 3. The van der Waals surface area contributed by atoms with E-state index in [2.05, 4.69) is 34.6 Å². The smallest absolute Gasteiger partial charge is 0.305 e. The Morgan fingerprint density at radius 2 is 1.91 bits per heavy atom. The van der Waals surface area contributed by atoms with E-state index in [-0.39, 0.29) is 40.6 Å². The Bertz CT molecular complexity index is 1080. The Morgan fingerprint density at radius 3 is 2.56 bits per heavy atom. The average molecular weight is 470 g/mol. The molecule has 186 valence electrons. The Balaban J connectivity index is 1.77. The van der Waals surface area contributed by atoms with Crippen molar-refractivity contribution < 1.29 is 25.2 Å². The monoisotopic (exact) mass is 469 g/mol. The van der Waals surface area contributed by atoms with Crippen LogP contribution in [-0.2, 0) is 36.3 Å². The molecule has 0 heterocycles. The van der Waals surface area contributed by atoms with E-state index >= 15 is 0 Å². The van der Waals surface area contributed by atoms with Gasteiger partial charge in [0.1, 0.15) is 6.10 Å². The van der Waals surface area contributed by atoms with Gasteiger partial charge in [-0.05, 0) is 71.5 Å². The first-order chi connectivity index (χ1) is 16.3. The summed E-state index contributed by atoms with van der Waals surface area (Å²) >= 11 is 0. The molecule has 0 unspecified atom stereocenters. The third-order valence-corrected chi connectivity index (χ3v) is 9.81. The quantitative estimate of drug-likeness (QED) is 0.518. The van der Waals surface area contributed by atoms with Crippen molar-refractivity contribution in [1.82, 2.24) is 0 Å². The van der Waals surface area contributed by atoms with Gasteiger partial charge in [0.25, 0.3) is 0 Å². The van der Waals surface area contributed by atoms with Crippen molar-refractivity contribution in [3.63, 3.8) is 0 Å². The molecule has 5 nitrogen and oxygen atoms in total. The van der Waals surface area contributed by atoms with E-state index in [0.29, 0.717) is 37.6 Å². The Kier molecular flexibility index (Phi) is 5.89. The van der Waals surface area contributed by atoms with Crippen LogP contribution in [0.15, 0.2) is 12.1 Å². The van der Waals surface area contributed by atoms with Gasteiger partial charge >= 0.3 is 11.9 Å². The van der Waals surface area contributed by atoms with Crippen LogP contribution in [0.5, 0.6) is 0 Å². The lowest BCUT2D eigenvalue weighted by atomic mass is 9.52. The number of hydrogen-bond donors (Lipinski definition) is 0. The van der Waals surface area contributed by atoms with Gasteiger partial charge in [-0.3, -0.25) is 14.4 Å². The summed E-state index contributed by atoms with van der Waals surface area (Å²) in [5.41, 5.74) is 2.71. The lowest BCUT2D eigenvalue weighted by molar-refractivity contribution is -0.150. The Hall–Kier alpha value is -2.17. The number of fused-ring (bicyclic) bond motifs is 5. The molecule has 0 aliphatic heterocycles. The summed E-state index contributed by atoms with van der Waals surface area (Å²) in [5.74, 6) is 0.231. The number of esters is 2. The van der Waals surface area contributed by atoms with E-state index in [0.717, 1.165) is 41.5 Å². The zero-order valence-electron chi connectivity index (χ0n) is 22.8. The second-order valence-corrected chi connectivity index (χ2v) is 11.9. The normalized spacial score (nSPS) is 32.7. The van der Waals surface area contributed by atoms with E-state index in [4.69, 9.17) is 10.8 Å². The number of Topliss-reactive ketones (excluding diaryl/α,β-unsaturated/α-hetero) is 1. The number of rotatable bonds is 5. The standard InChI is InChI=1S/C29H40O5/c1-17(8-13-25(32)33-7)20-14-15-28(5)22-11-10-21-19(26(22)23(31)16-29(20,28)6)9-12-24(27(21,3)4)34-18(2)30/h10-11,17,20,24H,8-9,12-16H2,1-7H3/t17-,20-,24+,28+,29-/m1/s1/i11D. The molecular formula is C29H40O5. The summed E-state index contributed by atoms with van der Waals surface area (Å²) in [6.07, 6.45) is 4.60. The van der Waals surface area contributed by atoms with Gasteiger partial charge in [0.05, 0.1) is 8.48 Å². The average Bonchev–Trinajstić information content (AvgIpc) is 3.04. The molecule has 3 aliphatic carbocycles. The fourth-order valence-corrected chi connectivity index (χ4v) is 7.56. The number of ketones is 1. The van der Waals surface area contributed by atoms with Crippen molar-refractivity contribution in [2.75, 3.05) is 7.11 Å². The fraction of sp³-hybridized carbons (Fsp3) is 0.690. The topological polar surface area (TPSA) is 69.7 Å². The molecule has 1 aromatic rings. The molecule has 0 radical (unpaired) electrons. The number of ether oxygens (including phenoxy) is 2. The third-order valence-electron chi connectivity index (χ3n) is 9.81. The van der Waals surface area contributed by atoms with Crippen molar-refractivity contribution in [3.05, 3.63) is 34.4 Å². The van der Waals surface area contributed by atoms with Crippen molar-refractivity contribution in [2.45, 2.75) is 103 Å². The van der Waals surface area contributed by atoms with E-state index in [1.54, 1.807) is 0 Å². The van der Waals surface area contributed by atoms with Gasteiger partial charge in [-0.1, -0.05) is 46.7 Å². The highest BCUT2D eigenvalue weighted by Gasteiger charge is 2.60. The van der Waals surface area contributed by atoms with Gasteiger partial charge in [-0.2, -0.15) is 0 Å². The first-order valence-electron chi connectivity index (χ1n) is 13.2. The predicted octanol–water partition coefficient (Wildman–Crippen LogP) is 5.69. The molecule has 1 aromatic carbocycles. The van der Waals surface area contributed by atoms with Crippen LogP contribution in [0.4, 0.5) is 0 Å². The van der Waals surface area contributed by atoms with E-state index < -0.39 is 5.41 Å². The molecule has 0 saturated heterocycles. The first kappa shape index (κ1) is 23.6. The van der Waals surface area contributed by atoms with Crippen molar-refractivity contribution in [2.24, 2.45) is 17.3 Å². The second kappa shape index (κ2) is 8.49. The van der Waals surface area contributed by atoms with Crippen molar-refractivity contribution in [3.8, 4) is 0 Å². The maximum atomic E-state index is 13.9. The van der Waals surface area contributed by atoms with E-state index in [1.165, 1.54) is 14.0 Å². The van der Waals surface area contributed by atoms with Gasteiger partial charge < -0.3 is 9.47 Å². The van der Waals surface area contributed by atoms with Crippen LogP contribution < -0.4 is 0 Å². The highest BCUT2D eigenvalue weighted by atomic mass is 16.5. The van der Waals surface area contributed by atoms with Crippen molar-refractivity contribution in [1.29, 1.82) is 0 Å². The Labute approximate surface area is 205 Å². The number of hydrogen-bond acceptors (Lipinski definition) is 5. The van der Waals surface area contributed by atoms with Gasteiger partial charge in [0, 0.05) is 30.7 Å². The Morgan fingerprint density at radius 1 is 1.21 bits per heavy atom. The lowest BCUT2D eigenvalue weighted by Gasteiger charge is -2.51. The highest BCUT2D eigenvalue weighted by Crippen LogP contribution is 2.65. The van der Waals surface area contributed by atoms with Gasteiger partial charge in [0.15, 0.2) is 5.78 Å². The van der Waals surface area contributed by atoms with Gasteiger partial charge in [0.2, 0.25) is 0 Å². The van der Waals surface area contributed by atoms with Crippen LogP contribution in [0.25, 0.3) is 0 Å². The summed E-state index contributed by atoms with van der Waals surface area (Å²) in [4.78, 5) is 37.4. The SMILES string of the molecule is [2H]c1cc2c(c3c1[C@]1(C)CC[C@H]([C@H](C)CCC(=O)OC)[C@@]1(C)CC3=O)CC[C@H](OC(C)=O)C2(C)C. The van der Waals surface area contributed by atoms with E-state index in [9.17, 15) is 14.4 Å². The first-order valence-corrected chi connectivity index (χ1v) is 12.7. The predicted molar refractivity (Wildman–Crippen MR) is 131 cm³/mol. The van der Waals surface area contributed by atoms with Crippen molar-refractivity contribution >= 4 is 17.7 Å². The molecule has 5 atom stereocenters. The van der Waals surface area contributed by atoms with E-state index in [1.807, 2.05) is 6.07 Å². The minimum Gasteiger partial charge on any atom is -0.469 e. The highest BCUT2D eigenvalue weighted by molar-refractivity contribution is 6.02. The summed E-state index contributed by atoms with van der Waals surface area (Å²) < 4.78 is 19.6. The molecular weight excluding hydrogens is 428 g/mol. The molecule has 4 rings (SSSR count). The fourth-order valence-electron chi connectivity index (χ4n) is 7.56. The minimum atomic E-state index is -0.466. The van der Waals surface area contributed by atoms with Crippen LogP contribution >= 0.6 is 0 Å². The molecule has 3 aliphatic rings. The molecule has 0 N–H and O–H groups in total. The largest absolute Gasteiger partial charge is 0.469 e. The van der Waals surface area contributed by atoms with Crippen LogP contribution in [0, 0.1) is 17.3 Å². The maximum Gasteiger partial charge on any atom is 0.305 e. The van der Waals surface area contributed by atoms with Gasteiger partial charge in [-0.25, -0.2) is 0 Å². The summed E-state index contributed by atoms with van der Waals surface area (Å²) in [5, 5.41) is 0. The van der Waals surface area contributed by atoms with Crippen LogP contribution in [0.3, 0.4) is 0 Å². The molecule has 0 aromatic heterocycles. The molecule has 1 fully saturated rings. The van der Waals surface area contributed by atoms with Crippen LogP contribution in [0.1, 0.15) is 108 Å². The molecule has 0 amide bonds. The molecule has 0 spiro atoms. The summed E-state index contributed by atoms with van der Waals surface area (Å²) in [6, 6.07) is 2.38. The summed E-state index contributed by atoms with van der Waals surface area (Å²) in [7, 11) is 1.42. The second-order valence-electron chi connectivity index (χ2n) is 11.9. The molecule has 34 heavy (non-hydrogen) atoms. The summed E-state index contributed by atoms with van der Waals surface area (Å²) in [6.45, 7) is 12.2. The van der Waals surface area contributed by atoms with Gasteiger partial charge in [-0.15, -0.1) is 0 Å². The molecule has 5 heteroatoms. The zero-order chi connectivity index (χ0) is 25.9. The minimum absolute atomic E-state index is 0.138. The third kappa shape index (κ3) is 3.61. The number of carbonyl (C=O) groups excluding carboxylic acids is 3.